The largest absolute Gasteiger partial charge is 0.281 e. The number of hydrogen-bond acceptors (Lipinski definition) is 2. The van der Waals surface area contributed by atoms with Crippen LogP contribution >= 0.6 is 0 Å². The molecule has 3 heteroatoms. The minimum absolute atomic E-state index is 0.328. The summed E-state index contributed by atoms with van der Waals surface area (Å²) in [5.41, 5.74) is 2.79. The fraction of sp³-hybridized carbons (Fsp3) is 0.636. The fourth-order valence-corrected chi connectivity index (χ4v) is 1.90. The lowest BCUT2D eigenvalue weighted by molar-refractivity contribution is 0.410. The molecule has 1 aromatic rings. The second-order valence-corrected chi connectivity index (χ2v) is 4.29. The van der Waals surface area contributed by atoms with Gasteiger partial charge in [-0.15, -0.1) is 0 Å². The Morgan fingerprint density at radius 1 is 1.50 bits per heavy atom. The molecule has 1 aromatic heterocycles. The Hall–Kier alpha value is -1.30. The molecule has 0 spiro atoms. The molecule has 1 heterocycles. The van der Waals surface area contributed by atoms with Crippen molar-refractivity contribution in [3.8, 4) is 6.07 Å². The highest BCUT2D eigenvalue weighted by Gasteiger charge is 2.26. The van der Waals surface area contributed by atoms with Gasteiger partial charge < -0.3 is 0 Å². The lowest BCUT2D eigenvalue weighted by atomic mass is 9.81. The van der Waals surface area contributed by atoms with Crippen LogP contribution in [0.1, 0.15) is 61.9 Å². The normalized spacial score (nSPS) is 16.7. The van der Waals surface area contributed by atoms with E-state index in [0.717, 1.165) is 17.0 Å². The molecule has 0 saturated heterocycles. The molecule has 74 valence electrons. The molecular formula is C11H15N3. The van der Waals surface area contributed by atoms with Crippen molar-refractivity contribution in [2.75, 3.05) is 0 Å². The third-order valence-electron chi connectivity index (χ3n) is 2.99. The summed E-state index contributed by atoms with van der Waals surface area (Å²) in [5, 5.41) is 16.4. The van der Waals surface area contributed by atoms with E-state index in [-0.39, 0.29) is 0 Å². The number of nitriles is 1. The van der Waals surface area contributed by atoms with Crippen LogP contribution in [0.5, 0.6) is 0 Å². The number of nitrogens with one attached hydrogen (secondary N) is 1. The number of nitrogens with zero attached hydrogens (tertiary/aromatic N) is 2. The minimum Gasteiger partial charge on any atom is -0.281 e. The molecule has 3 nitrogen and oxygen atoms in total. The zero-order valence-corrected chi connectivity index (χ0v) is 8.67. The molecule has 0 amide bonds. The maximum absolute atomic E-state index is 9.10. The topological polar surface area (TPSA) is 52.5 Å². The van der Waals surface area contributed by atoms with Crippen LogP contribution in [0.25, 0.3) is 0 Å². The van der Waals surface area contributed by atoms with Gasteiger partial charge in [-0.1, -0.05) is 20.3 Å². The van der Waals surface area contributed by atoms with Gasteiger partial charge in [0.15, 0.2) is 0 Å². The van der Waals surface area contributed by atoms with Gasteiger partial charge in [-0.3, -0.25) is 5.10 Å². The van der Waals surface area contributed by atoms with E-state index in [1.165, 1.54) is 19.3 Å². The molecule has 0 radical (unpaired) electrons. The SMILES string of the molecule is CC(C)c1n[nH]c(C2CCC2)c1C#N. The van der Waals surface area contributed by atoms with E-state index in [2.05, 4.69) is 30.1 Å². The first-order valence-corrected chi connectivity index (χ1v) is 5.22. The van der Waals surface area contributed by atoms with Crippen molar-refractivity contribution in [1.29, 1.82) is 5.26 Å². The van der Waals surface area contributed by atoms with E-state index in [9.17, 15) is 0 Å². The molecule has 2 rings (SSSR count). The molecule has 14 heavy (non-hydrogen) atoms. The van der Waals surface area contributed by atoms with Crippen LogP contribution in [0.15, 0.2) is 0 Å². The molecular weight excluding hydrogens is 174 g/mol. The van der Waals surface area contributed by atoms with Crippen LogP contribution in [0, 0.1) is 11.3 Å². The van der Waals surface area contributed by atoms with Crippen LogP contribution in [-0.4, -0.2) is 10.2 Å². The molecule has 1 fully saturated rings. The molecule has 0 aliphatic heterocycles. The average molecular weight is 189 g/mol. The summed E-state index contributed by atoms with van der Waals surface area (Å²) in [5.74, 6) is 0.888. The first-order valence-electron chi connectivity index (χ1n) is 5.22. The predicted molar refractivity (Wildman–Crippen MR) is 54.0 cm³/mol. The summed E-state index contributed by atoms with van der Waals surface area (Å²) in [4.78, 5) is 0. The van der Waals surface area contributed by atoms with Gasteiger partial charge in [-0.2, -0.15) is 10.4 Å². The highest BCUT2D eigenvalue weighted by Crippen LogP contribution is 2.38. The van der Waals surface area contributed by atoms with E-state index in [0.29, 0.717) is 11.8 Å². The monoisotopic (exact) mass is 189 g/mol. The number of aromatic amines is 1. The minimum atomic E-state index is 0.328. The highest BCUT2D eigenvalue weighted by molar-refractivity contribution is 5.41. The molecule has 1 aliphatic rings. The molecule has 0 aromatic carbocycles. The van der Waals surface area contributed by atoms with Gasteiger partial charge in [0, 0.05) is 5.92 Å². The number of aromatic nitrogens is 2. The summed E-state index contributed by atoms with van der Waals surface area (Å²) >= 11 is 0. The van der Waals surface area contributed by atoms with Crippen molar-refractivity contribution in [3.63, 3.8) is 0 Å². The molecule has 1 saturated carbocycles. The maximum Gasteiger partial charge on any atom is 0.103 e. The van der Waals surface area contributed by atoms with E-state index in [1.54, 1.807) is 0 Å². The quantitative estimate of drug-likeness (QED) is 0.777. The second kappa shape index (κ2) is 3.45. The Bertz CT molecular complexity index is 366. The van der Waals surface area contributed by atoms with Gasteiger partial charge >= 0.3 is 0 Å². The standard InChI is InChI=1S/C11H15N3/c1-7(2)10-9(6-12)11(14-13-10)8-4-3-5-8/h7-8H,3-5H2,1-2H3,(H,13,14). The lowest BCUT2D eigenvalue weighted by Gasteiger charge is -2.24. The highest BCUT2D eigenvalue weighted by atomic mass is 15.1. The van der Waals surface area contributed by atoms with Crippen LogP contribution in [0.2, 0.25) is 0 Å². The van der Waals surface area contributed by atoms with Crippen molar-refractivity contribution in [2.45, 2.75) is 44.9 Å². The van der Waals surface area contributed by atoms with Gasteiger partial charge in [0.25, 0.3) is 0 Å². The van der Waals surface area contributed by atoms with Crippen molar-refractivity contribution in [3.05, 3.63) is 17.0 Å². The van der Waals surface area contributed by atoms with Crippen molar-refractivity contribution in [2.24, 2.45) is 0 Å². The fourth-order valence-electron chi connectivity index (χ4n) is 1.90. The molecule has 0 bridgehead atoms. The molecule has 0 unspecified atom stereocenters. The van der Waals surface area contributed by atoms with Crippen LogP contribution in [-0.2, 0) is 0 Å². The Morgan fingerprint density at radius 3 is 2.64 bits per heavy atom. The van der Waals surface area contributed by atoms with Gasteiger partial charge in [0.05, 0.1) is 17.0 Å². The molecule has 0 atom stereocenters. The smallest absolute Gasteiger partial charge is 0.103 e. The van der Waals surface area contributed by atoms with E-state index < -0.39 is 0 Å². The van der Waals surface area contributed by atoms with E-state index >= 15 is 0 Å². The molecule has 1 aliphatic carbocycles. The third kappa shape index (κ3) is 1.31. The number of hydrogen-bond donors (Lipinski definition) is 1. The van der Waals surface area contributed by atoms with E-state index in [4.69, 9.17) is 5.26 Å². The Labute approximate surface area is 84.1 Å². The van der Waals surface area contributed by atoms with Crippen LogP contribution in [0.4, 0.5) is 0 Å². The summed E-state index contributed by atoms with van der Waals surface area (Å²) < 4.78 is 0. The van der Waals surface area contributed by atoms with Crippen molar-refractivity contribution in [1.82, 2.24) is 10.2 Å². The van der Waals surface area contributed by atoms with Gasteiger partial charge in [0.2, 0.25) is 0 Å². The van der Waals surface area contributed by atoms with Gasteiger partial charge in [-0.05, 0) is 18.8 Å². The predicted octanol–water partition coefficient (Wildman–Crippen LogP) is 2.67. The third-order valence-corrected chi connectivity index (χ3v) is 2.99. The van der Waals surface area contributed by atoms with Crippen molar-refractivity contribution < 1.29 is 0 Å². The Balaban J connectivity index is 2.37. The number of rotatable bonds is 2. The van der Waals surface area contributed by atoms with Gasteiger partial charge in [0.1, 0.15) is 6.07 Å². The summed E-state index contributed by atoms with van der Waals surface area (Å²) in [6.45, 7) is 4.14. The summed E-state index contributed by atoms with van der Waals surface area (Å²) in [7, 11) is 0. The van der Waals surface area contributed by atoms with Crippen LogP contribution < -0.4 is 0 Å². The first kappa shape index (κ1) is 9.26. The van der Waals surface area contributed by atoms with Crippen molar-refractivity contribution >= 4 is 0 Å². The van der Waals surface area contributed by atoms with Gasteiger partial charge in [-0.25, -0.2) is 0 Å². The maximum atomic E-state index is 9.10. The Kier molecular flexibility index (Phi) is 2.28. The summed E-state index contributed by atoms with van der Waals surface area (Å²) in [6, 6.07) is 2.28. The molecule has 1 N–H and O–H groups in total. The lowest BCUT2D eigenvalue weighted by Crippen LogP contribution is -2.10. The Morgan fingerprint density at radius 2 is 2.21 bits per heavy atom. The first-order chi connectivity index (χ1) is 6.74. The number of H-pyrrole nitrogens is 1. The van der Waals surface area contributed by atoms with E-state index in [1.807, 2.05) is 0 Å². The average Bonchev–Trinajstić information content (AvgIpc) is 2.44. The summed E-state index contributed by atoms with van der Waals surface area (Å²) in [6.07, 6.45) is 3.69. The second-order valence-electron chi connectivity index (χ2n) is 4.29. The zero-order valence-electron chi connectivity index (χ0n) is 8.67. The zero-order chi connectivity index (χ0) is 10.1. The van der Waals surface area contributed by atoms with Crippen LogP contribution in [0.3, 0.4) is 0 Å².